The lowest BCUT2D eigenvalue weighted by molar-refractivity contribution is 1.07. The number of nitrogens with zero attached hydrogens (tertiary/aromatic N) is 3. The molecular formula is C13H13N5. The first kappa shape index (κ1) is 10.6. The Bertz CT molecular complexity index is 625. The van der Waals surface area contributed by atoms with Gasteiger partial charge in [0.1, 0.15) is 0 Å². The molecule has 5 nitrogen and oxygen atoms in total. The molecule has 0 fully saturated rings. The number of benzene rings is 1. The normalized spacial score (nSPS) is 10.5. The van der Waals surface area contributed by atoms with Crippen LogP contribution in [0.3, 0.4) is 0 Å². The Hall–Kier alpha value is -2.56. The fraction of sp³-hybridized carbons (Fsp3) is 0.0769. The summed E-state index contributed by atoms with van der Waals surface area (Å²) in [5.74, 6) is 0.778. The number of rotatable bonds is 3. The number of para-hydroxylation sites is 1. The van der Waals surface area contributed by atoms with Crippen molar-refractivity contribution in [1.82, 2.24) is 19.7 Å². The van der Waals surface area contributed by atoms with Crippen LogP contribution in [0.4, 0.5) is 11.6 Å². The van der Waals surface area contributed by atoms with E-state index in [-0.39, 0.29) is 0 Å². The van der Waals surface area contributed by atoms with Gasteiger partial charge in [-0.25, -0.2) is 4.98 Å². The molecule has 0 unspecified atom stereocenters. The van der Waals surface area contributed by atoms with E-state index in [1.165, 1.54) is 0 Å². The van der Waals surface area contributed by atoms with E-state index in [1.54, 1.807) is 6.20 Å². The Labute approximate surface area is 104 Å². The summed E-state index contributed by atoms with van der Waals surface area (Å²) in [5.41, 5.74) is 2.91. The third-order valence-electron chi connectivity index (χ3n) is 2.62. The van der Waals surface area contributed by atoms with Gasteiger partial charge in [-0.1, -0.05) is 18.2 Å². The third kappa shape index (κ3) is 1.98. The minimum atomic E-state index is 0.778. The molecule has 0 radical (unpaired) electrons. The molecule has 5 heteroatoms. The molecule has 0 aliphatic carbocycles. The molecule has 2 heterocycles. The van der Waals surface area contributed by atoms with Gasteiger partial charge in [-0.15, -0.1) is 0 Å². The zero-order valence-electron chi connectivity index (χ0n) is 9.96. The lowest BCUT2D eigenvalue weighted by Gasteiger charge is -2.07. The first-order valence-electron chi connectivity index (χ1n) is 5.70. The molecule has 18 heavy (non-hydrogen) atoms. The van der Waals surface area contributed by atoms with E-state index in [0.29, 0.717) is 0 Å². The first-order chi connectivity index (χ1) is 8.83. The van der Waals surface area contributed by atoms with Crippen molar-refractivity contribution in [2.45, 2.75) is 6.92 Å². The summed E-state index contributed by atoms with van der Waals surface area (Å²) in [5, 5.41) is 10.0. The second-order valence-electron chi connectivity index (χ2n) is 4.02. The number of H-pyrrole nitrogens is 1. The lowest BCUT2D eigenvalue weighted by Crippen LogP contribution is -1.99. The number of hydrogen-bond donors (Lipinski definition) is 2. The van der Waals surface area contributed by atoms with Gasteiger partial charge in [-0.2, -0.15) is 5.10 Å². The molecule has 0 aliphatic heterocycles. The summed E-state index contributed by atoms with van der Waals surface area (Å²) in [7, 11) is 0. The van der Waals surface area contributed by atoms with Crippen LogP contribution in [0.2, 0.25) is 0 Å². The largest absolute Gasteiger partial charge is 0.325 e. The highest BCUT2D eigenvalue weighted by atomic mass is 15.2. The van der Waals surface area contributed by atoms with Crippen LogP contribution in [-0.4, -0.2) is 19.7 Å². The molecule has 1 aromatic carbocycles. The van der Waals surface area contributed by atoms with Crippen molar-refractivity contribution < 1.29 is 0 Å². The van der Waals surface area contributed by atoms with Crippen LogP contribution in [0.15, 0.2) is 48.9 Å². The molecule has 90 valence electrons. The van der Waals surface area contributed by atoms with E-state index in [9.17, 15) is 0 Å². The zero-order chi connectivity index (χ0) is 12.4. The van der Waals surface area contributed by atoms with Crippen molar-refractivity contribution in [2.75, 3.05) is 5.32 Å². The molecule has 0 saturated heterocycles. The molecule has 3 aromatic rings. The molecule has 0 amide bonds. The van der Waals surface area contributed by atoms with Crippen molar-refractivity contribution in [3.63, 3.8) is 0 Å². The predicted molar refractivity (Wildman–Crippen MR) is 70.2 cm³/mol. The quantitative estimate of drug-likeness (QED) is 0.738. The fourth-order valence-corrected chi connectivity index (χ4v) is 1.81. The first-order valence-corrected chi connectivity index (χ1v) is 5.70. The number of aryl methyl sites for hydroxylation is 1. The van der Waals surface area contributed by atoms with Crippen molar-refractivity contribution in [2.24, 2.45) is 0 Å². The maximum atomic E-state index is 4.47. The summed E-state index contributed by atoms with van der Waals surface area (Å²) in [4.78, 5) is 4.47. The van der Waals surface area contributed by atoms with Gasteiger partial charge < -0.3 is 5.32 Å². The number of aromatic amines is 1. The van der Waals surface area contributed by atoms with Gasteiger partial charge in [0, 0.05) is 18.1 Å². The molecule has 0 bridgehead atoms. The molecule has 0 saturated carbocycles. The minimum Gasteiger partial charge on any atom is -0.325 e. The summed E-state index contributed by atoms with van der Waals surface area (Å²) in [6.07, 6.45) is 5.56. The van der Waals surface area contributed by atoms with Gasteiger partial charge >= 0.3 is 0 Å². The Balaban J connectivity index is 1.98. The van der Waals surface area contributed by atoms with Crippen LogP contribution in [0.25, 0.3) is 5.69 Å². The van der Waals surface area contributed by atoms with Gasteiger partial charge in [0.05, 0.1) is 17.6 Å². The number of aromatic nitrogens is 4. The maximum absolute atomic E-state index is 4.47. The van der Waals surface area contributed by atoms with Crippen LogP contribution in [0.5, 0.6) is 0 Å². The van der Waals surface area contributed by atoms with Crippen LogP contribution >= 0.6 is 0 Å². The third-order valence-corrected chi connectivity index (χ3v) is 2.62. The summed E-state index contributed by atoms with van der Waals surface area (Å²) in [6.45, 7) is 1.97. The topological polar surface area (TPSA) is 58.5 Å². The molecule has 0 aliphatic rings. The maximum Gasteiger partial charge on any atom is 0.212 e. The van der Waals surface area contributed by atoms with E-state index in [2.05, 4.69) is 20.5 Å². The van der Waals surface area contributed by atoms with Crippen molar-refractivity contribution in [1.29, 1.82) is 0 Å². The number of hydrogen-bond acceptors (Lipinski definition) is 3. The lowest BCUT2D eigenvalue weighted by atomic mass is 10.3. The molecule has 3 rings (SSSR count). The fourth-order valence-electron chi connectivity index (χ4n) is 1.81. The summed E-state index contributed by atoms with van der Waals surface area (Å²) >= 11 is 0. The summed E-state index contributed by atoms with van der Waals surface area (Å²) in [6, 6.07) is 9.97. The Morgan fingerprint density at radius 3 is 2.78 bits per heavy atom. The van der Waals surface area contributed by atoms with Gasteiger partial charge in [-0.3, -0.25) is 9.67 Å². The second-order valence-corrected chi connectivity index (χ2v) is 4.02. The van der Waals surface area contributed by atoms with Crippen LogP contribution in [0, 0.1) is 6.92 Å². The van der Waals surface area contributed by atoms with E-state index in [4.69, 9.17) is 0 Å². The van der Waals surface area contributed by atoms with Crippen LogP contribution in [-0.2, 0) is 0 Å². The predicted octanol–water partition coefficient (Wildman–Crippen LogP) is 2.65. The van der Waals surface area contributed by atoms with Crippen LogP contribution in [0.1, 0.15) is 5.69 Å². The SMILES string of the molecule is Cc1cn(-c2cn[nH]c2)c(Nc2ccccc2)n1. The van der Waals surface area contributed by atoms with E-state index >= 15 is 0 Å². The second kappa shape index (κ2) is 4.37. The van der Waals surface area contributed by atoms with Crippen molar-refractivity contribution >= 4 is 11.6 Å². The molecule has 0 spiro atoms. The monoisotopic (exact) mass is 239 g/mol. The Morgan fingerprint density at radius 2 is 2.06 bits per heavy atom. The average molecular weight is 239 g/mol. The zero-order valence-corrected chi connectivity index (χ0v) is 9.96. The Kier molecular flexibility index (Phi) is 2.57. The highest BCUT2D eigenvalue weighted by molar-refractivity contribution is 5.55. The van der Waals surface area contributed by atoms with Gasteiger partial charge in [0.2, 0.25) is 5.95 Å². The smallest absolute Gasteiger partial charge is 0.212 e. The minimum absolute atomic E-state index is 0.778. The number of imidazole rings is 1. The van der Waals surface area contributed by atoms with E-state index < -0.39 is 0 Å². The standard InChI is InChI=1S/C13H13N5/c1-10-9-18(12-7-14-15-8-12)13(16-10)17-11-5-3-2-4-6-11/h2-9H,1H3,(H,14,15)(H,16,17). The number of anilines is 2. The van der Waals surface area contributed by atoms with Crippen molar-refractivity contribution in [3.8, 4) is 5.69 Å². The van der Waals surface area contributed by atoms with Crippen LogP contribution < -0.4 is 5.32 Å². The Morgan fingerprint density at radius 1 is 1.22 bits per heavy atom. The highest BCUT2D eigenvalue weighted by Gasteiger charge is 2.08. The van der Waals surface area contributed by atoms with Crippen molar-refractivity contribution in [3.05, 3.63) is 54.6 Å². The van der Waals surface area contributed by atoms with Gasteiger partial charge in [-0.05, 0) is 19.1 Å². The molecule has 2 aromatic heterocycles. The summed E-state index contributed by atoms with van der Waals surface area (Å²) < 4.78 is 1.96. The molecule has 0 atom stereocenters. The molecular weight excluding hydrogens is 226 g/mol. The van der Waals surface area contributed by atoms with Gasteiger partial charge in [0.25, 0.3) is 0 Å². The number of nitrogens with one attached hydrogen (secondary N) is 2. The molecule has 2 N–H and O–H groups in total. The van der Waals surface area contributed by atoms with Gasteiger partial charge in [0.15, 0.2) is 0 Å². The highest BCUT2D eigenvalue weighted by Crippen LogP contribution is 2.19. The van der Waals surface area contributed by atoms with E-state index in [1.807, 2.05) is 54.2 Å². The van der Waals surface area contributed by atoms with E-state index in [0.717, 1.165) is 23.0 Å². The average Bonchev–Trinajstić information content (AvgIpc) is 3.00.